The first kappa shape index (κ1) is 14.5. The highest BCUT2D eigenvalue weighted by Crippen LogP contribution is 2.15. The first-order valence-electron chi connectivity index (χ1n) is 7.45. The van der Waals surface area contributed by atoms with Crippen molar-refractivity contribution in [2.45, 2.75) is 52.6 Å². The summed E-state index contributed by atoms with van der Waals surface area (Å²) in [6, 6.07) is 0.645. The molecule has 0 amide bonds. The molecular formula is C14H26N4O. The van der Waals surface area contributed by atoms with Crippen LogP contribution in [0.1, 0.15) is 45.3 Å². The molecule has 2 rings (SSSR count). The summed E-state index contributed by atoms with van der Waals surface area (Å²) in [5.74, 6) is 2.17. The largest absolute Gasteiger partial charge is 0.338 e. The fraction of sp³-hybridized carbons (Fsp3) is 0.857. The predicted octanol–water partition coefficient (Wildman–Crippen LogP) is 1.84. The summed E-state index contributed by atoms with van der Waals surface area (Å²) >= 11 is 0. The maximum absolute atomic E-state index is 5.37. The van der Waals surface area contributed by atoms with Gasteiger partial charge in [0.05, 0.1) is 6.54 Å². The monoisotopic (exact) mass is 266 g/mol. The molecule has 1 N–H and O–H groups in total. The minimum Gasteiger partial charge on any atom is -0.338 e. The van der Waals surface area contributed by atoms with Crippen molar-refractivity contribution in [3.05, 3.63) is 11.7 Å². The maximum Gasteiger partial charge on any atom is 0.240 e. The van der Waals surface area contributed by atoms with Gasteiger partial charge in [-0.25, -0.2) is 0 Å². The summed E-state index contributed by atoms with van der Waals surface area (Å²) in [5.41, 5.74) is 0. The number of piperidine rings is 1. The summed E-state index contributed by atoms with van der Waals surface area (Å²) in [4.78, 5) is 6.95. The smallest absolute Gasteiger partial charge is 0.240 e. The average Bonchev–Trinajstić information content (AvgIpc) is 2.83. The quantitative estimate of drug-likeness (QED) is 0.851. The Kier molecular flexibility index (Phi) is 5.34. The normalized spacial score (nSPS) is 17.5. The summed E-state index contributed by atoms with van der Waals surface area (Å²) in [5, 5.41) is 7.47. The molecule has 1 saturated heterocycles. The number of rotatable bonds is 6. The Morgan fingerprint density at radius 2 is 2.11 bits per heavy atom. The first-order valence-corrected chi connectivity index (χ1v) is 7.45. The van der Waals surface area contributed by atoms with Crippen LogP contribution in [0.2, 0.25) is 0 Å². The Morgan fingerprint density at radius 3 is 2.74 bits per heavy atom. The molecule has 2 heterocycles. The number of hydrogen-bond donors (Lipinski definition) is 1. The molecular weight excluding hydrogens is 240 g/mol. The Balaban J connectivity index is 1.91. The zero-order chi connectivity index (χ0) is 13.7. The molecule has 5 nitrogen and oxygen atoms in total. The fourth-order valence-electron chi connectivity index (χ4n) is 2.65. The number of nitrogens with one attached hydrogen (secondary N) is 1. The molecule has 108 valence electrons. The van der Waals surface area contributed by atoms with E-state index in [0.29, 0.717) is 12.0 Å². The Labute approximate surface area is 115 Å². The third-order valence-corrected chi connectivity index (χ3v) is 3.67. The minimum absolute atomic E-state index is 0.567. The third-order valence-electron chi connectivity index (χ3n) is 3.67. The van der Waals surface area contributed by atoms with E-state index in [-0.39, 0.29) is 0 Å². The molecule has 0 saturated carbocycles. The maximum atomic E-state index is 5.37. The molecule has 5 heteroatoms. The summed E-state index contributed by atoms with van der Waals surface area (Å²) in [6.07, 6.45) is 3.31. The Bertz CT molecular complexity index is 371. The van der Waals surface area contributed by atoms with E-state index in [1.54, 1.807) is 0 Å². The van der Waals surface area contributed by atoms with E-state index in [1.807, 2.05) is 0 Å². The van der Waals surface area contributed by atoms with Crippen molar-refractivity contribution >= 4 is 0 Å². The van der Waals surface area contributed by atoms with Gasteiger partial charge in [0.25, 0.3) is 0 Å². The van der Waals surface area contributed by atoms with Gasteiger partial charge in [-0.1, -0.05) is 25.9 Å². The molecule has 19 heavy (non-hydrogen) atoms. The molecule has 1 fully saturated rings. The number of nitrogens with zero attached hydrogens (tertiary/aromatic N) is 3. The van der Waals surface area contributed by atoms with Crippen LogP contribution >= 0.6 is 0 Å². The third kappa shape index (κ3) is 4.28. The highest BCUT2D eigenvalue weighted by atomic mass is 16.5. The zero-order valence-corrected chi connectivity index (χ0v) is 12.4. The topological polar surface area (TPSA) is 54.2 Å². The summed E-state index contributed by atoms with van der Waals surface area (Å²) < 4.78 is 5.37. The molecule has 1 aliphatic rings. The van der Waals surface area contributed by atoms with Crippen LogP contribution in [0, 0.1) is 5.92 Å². The van der Waals surface area contributed by atoms with Gasteiger partial charge < -0.3 is 9.84 Å². The lowest BCUT2D eigenvalue weighted by molar-refractivity contribution is 0.144. The summed E-state index contributed by atoms with van der Waals surface area (Å²) in [6.45, 7) is 10.6. The lowest BCUT2D eigenvalue weighted by Gasteiger charge is -2.32. The van der Waals surface area contributed by atoms with Crippen LogP contribution in [-0.2, 0) is 13.0 Å². The molecule has 1 aromatic heterocycles. The van der Waals surface area contributed by atoms with Gasteiger partial charge in [-0.3, -0.25) is 4.90 Å². The van der Waals surface area contributed by atoms with Crippen molar-refractivity contribution in [3.63, 3.8) is 0 Å². The average molecular weight is 266 g/mol. The lowest BCUT2D eigenvalue weighted by Crippen LogP contribution is -2.42. The highest BCUT2D eigenvalue weighted by molar-refractivity contribution is 4.89. The van der Waals surface area contributed by atoms with Crippen LogP contribution in [-0.4, -0.2) is 40.7 Å². The molecule has 0 aromatic carbocycles. The predicted molar refractivity (Wildman–Crippen MR) is 74.8 cm³/mol. The van der Waals surface area contributed by atoms with E-state index in [1.165, 1.54) is 12.8 Å². The summed E-state index contributed by atoms with van der Waals surface area (Å²) in [7, 11) is 0. The minimum atomic E-state index is 0.567. The lowest BCUT2D eigenvalue weighted by atomic mass is 10.0. The molecule has 0 bridgehead atoms. The van der Waals surface area contributed by atoms with Gasteiger partial charge in [-0.2, -0.15) is 4.98 Å². The molecule has 1 aliphatic heterocycles. The van der Waals surface area contributed by atoms with E-state index >= 15 is 0 Å². The molecule has 0 aliphatic carbocycles. The van der Waals surface area contributed by atoms with Gasteiger partial charge in [-0.05, 0) is 38.4 Å². The number of aromatic nitrogens is 2. The molecule has 0 unspecified atom stereocenters. The van der Waals surface area contributed by atoms with Crippen molar-refractivity contribution in [2.75, 3.05) is 19.6 Å². The molecule has 1 aromatic rings. The van der Waals surface area contributed by atoms with E-state index in [4.69, 9.17) is 4.52 Å². The van der Waals surface area contributed by atoms with Gasteiger partial charge in [0.1, 0.15) is 0 Å². The standard InChI is InChI=1S/C14H26N4O/c1-4-18(12-5-7-15-8-6-12)10-14-16-13(17-19-14)9-11(2)3/h11-12,15H,4-10H2,1-3H3. The zero-order valence-electron chi connectivity index (χ0n) is 12.4. The first-order chi connectivity index (χ1) is 9.19. The van der Waals surface area contributed by atoms with Crippen LogP contribution in [0.3, 0.4) is 0 Å². The van der Waals surface area contributed by atoms with Crippen molar-refractivity contribution in [1.29, 1.82) is 0 Å². The number of hydrogen-bond acceptors (Lipinski definition) is 5. The van der Waals surface area contributed by atoms with Gasteiger partial charge >= 0.3 is 0 Å². The van der Waals surface area contributed by atoms with Crippen LogP contribution in [0.15, 0.2) is 4.52 Å². The second-order valence-electron chi connectivity index (χ2n) is 5.75. The van der Waals surface area contributed by atoms with Crippen molar-refractivity contribution in [3.8, 4) is 0 Å². The van der Waals surface area contributed by atoms with Crippen molar-refractivity contribution in [1.82, 2.24) is 20.4 Å². The molecule has 0 radical (unpaired) electrons. The Hall–Kier alpha value is -0.940. The van der Waals surface area contributed by atoms with Gasteiger partial charge in [-0.15, -0.1) is 0 Å². The van der Waals surface area contributed by atoms with E-state index < -0.39 is 0 Å². The van der Waals surface area contributed by atoms with E-state index in [2.05, 4.69) is 41.1 Å². The second kappa shape index (κ2) is 7.01. The van der Waals surface area contributed by atoms with Crippen molar-refractivity contribution in [2.24, 2.45) is 5.92 Å². The van der Waals surface area contributed by atoms with Gasteiger partial charge in [0.15, 0.2) is 5.82 Å². The molecule has 0 atom stereocenters. The van der Waals surface area contributed by atoms with Crippen LogP contribution in [0.5, 0.6) is 0 Å². The second-order valence-corrected chi connectivity index (χ2v) is 5.75. The van der Waals surface area contributed by atoms with Crippen LogP contribution in [0.25, 0.3) is 0 Å². The Morgan fingerprint density at radius 1 is 1.37 bits per heavy atom. The fourth-order valence-corrected chi connectivity index (χ4v) is 2.65. The highest BCUT2D eigenvalue weighted by Gasteiger charge is 2.21. The van der Waals surface area contributed by atoms with Gasteiger partial charge in [0, 0.05) is 12.5 Å². The van der Waals surface area contributed by atoms with Crippen LogP contribution in [0.4, 0.5) is 0 Å². The van der Waals surface area contributed by atoms with E-state index in [9.17, 15) is 0 Å². The van der Waals surface area contributed by atoms with Crippen LogP contribution < -0.4 is 5.32 Å². The van der Waals surface area contributed by atoms with Crippen molar-refractivity contribution < 1.29 is 4.52 Å². The van der Waals surface area contributed by atoms with Gasteiger partial charge in [0.2, 0.25) is 5.89 Å². The van der Waals surface area contributed by atoms with E-state index in [0.717, 1.165) is 44.3 Å². The molecule has 0 spiro atoms. The SMILES string of the molecule is CCN(Cc1nc(CC(C)C)no1)C1CCNCC1.